The second-order valence-electron chi connectivity index (χ2n) is 11.7. The Morgan fingerprint density at radius 3 is 2.31 bits per heavy atom. The summed E-state index contributed by atoms with van der Waals surface area (Å²) in [7, 11) is 1.42. The maximum atomic E-state index is 13.5. The number of ether oxygens (including phenoxy) is 2. The third-order valence-electron chi connectivity index (χ3n) is 8.74. The zero-order valence-electron chi connectivity index (χ0n) is 22.5. The number of aliphatic hydroxyl groups is 2. The van der Waals surface area contributed by atoms with Gasteiger partial charge in [0.25, 0.3) is 11.8 Å². The number of carbonyl (C=O) groups excluding carboxylic acids is 2. The van der Waals surface area contributed by atoms with Crippen molar-refractivity contribution in [3.63, 3.8) is 0 Å². The van der Waals surface area contributed by atoms with Crippen molar-refractivity contribution in [3.8, 4) is 17.6 Å². The molecule has 0 atom stereocenters. The van der Waals surface area contributed by atoms with E-state index in [-0.39, 0.29) is 40.2 Å². The molecule has 9 nitrogen and oxygen atoms in total. The molecule has 0 aliphatic heterocycles. The molecule has 0 unspecified atom stereocenters. The van der Waals surface area contributed by atoms with Gasteiger partial charge in [0.2, 0.25) is 0 Å². The van der Waals surface area contributed by atoms with Crippen molar-refractivity contribution in [2.45, 2.75) is 76.7 Å². The number of nitrogens with zero attached hydrogens (tertiary/aromatic N) is 1. The normalized spacial score (nSPS) is 27.0. The molecule has 0 spiro atoms. The predicted molar refractivity (Wildman–Crippen MR) is 144 cm³/mol. The zero-order valence-corrected chi connectivity index (χ0v) is 22.5. The van der Waals surface area contributed by atoms with E-state index in [4.69, 9.17) is 9.47 Å². The summed E-state index contributed by atoms with van der Waals surface area (Å²) in [5, 5.41) is 35.2. The number of carbonyl (C=O) groups is 2. The van der Waals surface area contributed by atoms with Crippen LogP contribution in [0.4, 0.5) is 5.69 Å². The fourth-order valence-electron chi connectivity index (χ4n) is 5.99. The minimum atomic E-state index is -1.41. The first kappa shape index (κ1) is 27.0. The topological polar surface area (TPSA) is 141 Å². The molecule has 4 fully saturated rings. The van der Waals surface area contributed by atoms with Gasteiger partial charge in [-0.3, -0.25) is 9.59 Å². The lowest BCUT2D eigenvalue weighted by Gasteiger charge is -2.61. The van der Waals surface area contributed by atoms with E-state index in [2.05, 4.69) is 16.7 Å². The van der Waals surface area contributed by atoms with Crippen LogP contribution in [-0.2, 0) is 0 Å². The van der Waals surface area contributed by atoms with Crippen LogP contribution < -0.4 is 20.1 Å². The molecule has 6 rings (SSSR count). The molecule has 0 radical (unpaired) electrons. The lowest BCUT2D eigenvalue weighted by molar-refractivity contribution is -0.147. The molecule has 9 heteroatoms. The van der Waals surface area contributed by atoms with Crippen molar-refractivity contribution in [1.29, 1.82) is 5.26 Å². The van der Waals surface area contributed by atoms with E-state index in [0.717, 1.165) is 30.7 Å². The minimum absolute atomic E-state index is 0.0949. The Morgan fingerprint density at radius 1 is 1.05 bits per heavy atom. The second kappa shape index (κ2) is 10.2. The van der Waals surface area contributed by atoms with Crippen LogP contribution in [0.5, 0.6) is 11.5 Å². The first-order valence-electron chi connectivity index (χ1n) is 13.4. The third-order valence-corrected chi connectivity index (χ3v) is 8.74. The van der Waals surface area contributed by atoms with Crippen LogP contribution in [0.2, 0.25) is 0 Å². The quantitative estimate of drug-likeness (QED) is 0.375. The number of amides is 2. The molecule has 206 valence electrons. The van der Waals surface area contributed by atoms with E-state index >= 15 is 0 Å². The Balaban J connectivity index is 1.37. The zero-order chi connectivity index (χ0) is 27.9. The fourth-order valence-corrected chi connectivity index (χ4v) is 5.99. The van der Waals surface area contributed by atoms with Crippen molar-refractivity contribution in [2.24, 2.45) is 11.3 Å². The molecule has 0 aromatic heterocycles. The van der Waals surface area contributed by atoms with E-state index in [1.54, 1.807) is 12.1 Å². The molecule has 4 aliphatic rings. The van der Waals surface area contributed by atoms with E-state index < -0.39 is 17.6 Å². The van der Waals surface area contributed by atoms with Crippen LogP contribution in [-0.4, -0.2) is 47.1 Å². The van der Waals surface area contributed by atoms with E-state index in [1.165, 1.54) is 19.2 Å². The van der Waals surface area contributed by atoms with Crippen molar-refractivity contribution in [3.05, 3.63) is 52.6 Å². The molecule has 4 N–H and O–H groups in total. The van der Waals surface area contributed by atoms with Crippen LogP contribution in [0.15, 0.2) is 30.3 Å². The lowest BCUT2D eigenvalue weighted by atomic mass is 9.50. The van der Waals surface area contributed by atoms with Gasteiger partial charge in [0, 0.05) is 17.0 Å². The van der Waals surface area contributed by atoms with E-state index in [9.17, 15) is 25.1 Å². The summed E-state index contributed by atoms with van der Waals surface area (Å²) in [6.45, 7) is 3.72. The maximum absolute atomic E-state index is 13.5. The Hall–Kier alpha value is -3.61. The number of methoxy groups -OCH3 is 1. The molecule has 2 bridgehead atoms. The van der Waals surface area contributed by atoms with Crippen LogP contribution in [0.1, 0.15) is 83.7 Å². The van der Waals surface area contributed by atoms with Crippen molar-refractivity contribution in [2.75, 3.05) is 12.4 Å². The SMILES string of the molecule is COc1cc(C#N)c(OC2CCC(C)(C(O)O)CC2)cc1C(=O)Nc1cc(C)ccc1C(=O)NC12CC(C1)C2. The highest BCUT2D eigenvalue weighted by atomic mass is 16.5. The van der Waals surface area contributed by atoms with Gasteiger partial charge in [-0.25, -0.2) is 0 Å². The molecule has 2 amide bonds. The van der Waals surface area contributed by atoms with Gasteiger partial charge >= 0.3 is 0 Å². The number of benzene rings is 2. The average Bonchev–Trinajstić information content (AvgIpc) is 2.86. The van der Waals surface area contributed by atoms with Crippen molar-refractivity contribution >= 4 is 17.5 Å². The first-order chi connectivity index (χ1) is 18.5. The van der Waals surface area contributed by atoms with Crippen LogP contribution in [0.3, 0.4) is 0 Å². The number of hydrogen-bond acceptors (Lipinski definition) is 7. The summed E-state index contributed by atoms with van der Waals surface area (Å²) in [6, 6.07) is 10.4. The molecule has 0 heterocycles. The number of aliphatic hydroxyl groups excluding tert-OH is 1. The predicted octanol–water partition coefficient (Wildman–Crippen LogP) is 4.05. The third kappa shape index (κ3) is 5.19. The minimum Gasteiger partial charge on any atom is -0.496 e. The Kier molecular flexibility index (Phi) is 7.04. The standard InChI is InChI=1S/C30H35N3O6/c1-17-4-5-21(27(35)33-30-13-18(14-30)15-30)23(10-17)32-26(34)22-12-24(19(16-31)11-25(22)38-3)39-20-6-8-29(2,9-7-20)28(36)37/h4-5,10-12,18,20,28,36-37H,6-9,13-15H2,1-3H3,(H,32,34)(H,33,35). The molecular weight excluding hydrogens is 498 g/mol. The van der Waals surface area contributed by atoms with Gasteiger partial charge in [-0.1, -0.05) is 13.0 Å². The molecule has 2 aromatic rings. The summed E-state index contributed by atoms with van der Waals surface area (Å²) >= 11 is 0. The van der Waals surface area contributed by atoms with Crippen LogP contribution in [0.25, 0.3) is 0 Å². The highest BCUT2D eigenvalue weighted by Gasteiger charge is 2.57. The van der Waals surface area contributed by atoms with Gasteiger partial charge in [-0.15, -0.1) is 0 Å². The molecule has 0 saturated heterocycles. The van der Waals surface area contributed by atoms with E-state index in [0.29, 0.717) is 36.9 Å². The largest absolute Gasteiger partial charge is 0.496 e. The van der Waals surface area contributed by atoms with Gasteiger partial charge in [0.15, 0.2) is 6.29 Å². The Labute approximate surface area is 228 Å². The lowest BCUT2D eigenvalue weighted by Crippen LogP contribution is -2.68. The summed E-state index contributed by atoms with van der Waals surface area (Å²) in [4.78, 5) is 26.7. The molecular formula is C30H35N3O6. The van der Waals surface area contributed by atoms with Gasteiger partial charge in [0.05, 0.1) is 35.6 Å². The number of hydrogen-bond donors (Lipinski definition) is 4. The van der Waals surface area contributed by atoms with Gasteiger partial charge in [-0.05, 0) is 81.5 Å². The van der Waals surface area contributed by atoms with Gasteiger partial charge in [-0.2, -0.15) is 5.26 Å². The summed E-state index contributed by atoms with van der Waals surface area (Å²) in [5.41, 5.74) is 1.38. The molecule has 2 aromatic carbocycles. The van der Waals surface area contributed by atoms with Crippen molar-refractivity contribution in [1.82, 2.24) is 5.32 Å². The molecule has 4 saturated carbocycles. The number of aryl methyl sites for hydroxylation is 1. The smallest absolute Gasteiger partial charge is 0.259 e. The first-order valence-corrected chi connectivity index (χ1v) is 13.4. The fraction of sp³-hybridized carbons (Fsp3) is 0.500. The number of rotatable bonds is 8. The van der Waals surface area contributed by atoms with Crippen LogP contribution >= 0.6 is 0 Å². The van der Waals surface area contributed by atoms with E-state index in [1.807, 2.05) is 19.9 Å². The summed E-state index contributed by atoms with van der Waals surface area (Å²) in [6.07, 6.45) is 3.67. The molecule has 39 heavy (non-hydrogen) atoms. The number of nitriles is 1. The molecule has 4 aliphatic carbocycles. The average molecular weight is 534 g/mol. The summed E-state index contributed by atoms with van der Waals surface area (Å²) < 4.78 is 11.6. The highest BCUT2D eigenvalue weighted by Crippen LogP contribution is 2.57. The maximum Gasteiger partial charge on any atom is 0.259 e. The second-order valence-corrected chi connectivity index (χ2v) is 11.7. The Bertz CT molecular complexity index is 1320. The van der Waals surface area contributed by atoms with Crippen LogP contribution in [0, 0.1) is 29.6 Å². The number of anilines is 1. The van der Waals surface area contributed by atoms with Crippen molar-refractivity contribution < 1.29 is 29.3 Å². The highest BCUT2D eigenvalue weighted by molar-refractivity contribution is 6.10. The summed E-state index contributed by atoms with van der Waals surface area (Å²) in [5.74, 6) is 0.487. The number of nitrogens with one attached hydrogen (secondary N) is 2. The van der Waals surface area contributed by atoms with Gasteiger partial charge in [0.1, 0.15) is 17.6 Å². The monoisotopic (exact) mass is 533 g/mol. The Morgan fingerprint density at radius 2 is 1.74 bits per heavy atom. The van der Waals surface area contributed by atoms with Gasteiger partial charge < -0.3 is 30.3 Å².